The van der Waals surface area contributed by atoms with Gasteiger partial charge in [-0.2, -0.15) is 5.10 Å². The Balaban J connectivity index is 1.48. The van der Waals surface area contributed by atoms with Gasteiger partial charge in [-0.3, -0.25) is 19.6 Å². The van der Waals surface area contributed by atoms with Crippen molar-refractivity contribution in [2.24, 2.45) is 0 Å². The van der Waals surface area contributed by atoms with E-state index >= 15 is 0 Å². The Kier molecular flexibility index (Phi) is 6.24. The minimum absolute atomic E-state index is 0.0243. The average molecular weight is 502 g/mol. The first-order chi connectivity index (χ1) is 15.3. The second-order valence-corrected chi connectivity index (χ2v) is 8.24. The lowest BCUT2D eigenvalue weighted by Crippen LogP contribution is -2.20. The number of nitrogens with zero attached hydrogens (tertiary/aromatic N) is 3. The molecule has 9 nitrogen and oxygen atoms in total. The van der Waals surface area contributed by atoms with E-state index in [9.17, 15) is 14.9 Å². The van der Waals surface area contributed by atoms with E-state index in [4.69, 9.17) is 14.2 Å². The minimum Gasteiger partial charge on any atom is -0.460 e. The number of carbonyl (C=O) groups is 1. The molecule has 10 heteroatoms. The lowest BCUT2D eigenvalue weighted by atomic mass is 10.1. The summed E-state index contributed by atoms with van der Waals surface area (Å²) < 4.78 is 19.5. The zero-order chi connectivity index (χ0) is 22.8. The third kappa shape index (κ3) is 4.51. The molecule has 1 aliphatic rings. The fourth-order valence-electron chi connectivity index (χ4n) is 3.59. The summed E-state index contributed by atoms with van der Waals surface area (Å²) in [6.07, 6.45) is -0.561. The number of carbonyl (C=O) groups excluding carboxylic acids is 1. The fourth-order valence-corrected chi connectivity index (χ4v) is 4.14. The Morgan fingerprint density at radius 3 is 2.75 bits per heavy atom. The summed E-state index contributed by atoms with van der Waals surface area (Å²) in [5.41, 5.74) is 2.87. The fraction of sp³-hybridized carbons (Fsp3) is 0.273. The highest BCUT2D eigenvalue weighted by Crippen LogP contribution is 2.38. The molecule has 4 rings (SSSR count). The average Bonchev–Trinajstić information content (AvgIpc) is 3.05. The third-order valence-electron chi connectivity index (χ3n) is 5.09. The van der Waals surface area contributed by atoms with Gasteiger partial charge >= 0.3 is 11.7 Å². The summed E-state index contributed by atoms with van der Waals surface area (Å²) in [5, 5.41) is 15.2. The van der Waals surface area contributed by atoms with Gasteiger partial charge in [-0.1, -0.05) is 46.3 Å². The van der Waals surface area contributed by atoms with Crippen molar-refractivity contribution < 1.29 is 23.9 Å². The van der Waals surface area contributed by atoms with Gasteiger partial charge in [0.25, 0.3) is 0 Å². The SMILES string of the molecule is Cc1nn(CC(=O)OCc2cc(Br)cc3c2O[C@H](c2ccccc2)OC3)c(C)c1[N+](=O)[O-]. The van der Waals surface area contributed by atoms with Crippen molar-refractivity contribution in [2.45, 2.75) is 39.9 Å². The molecular formula is C22H20BrN3O6. The highest BCUT2D eigenvalue weighted by atomic mass is 79.9. The minimum atomic E-state index is -0.564. The van der Waals surface area contributed by atoms with Gasteiger partial charge in [0.1, 0.15) is 30.3 Å². The van der Waals surface area contributed by atoms with Crippen LogP contribution in [0.3, 0.4) is 0 Å². The smallest absolute Gasteiger partial charge is 0.328 e. The number of aromatic nitrogens is 2. The first-order valence-electron chi connectivity index (χ1n) is 9.82. The maximum atomic E-state index is 12.4. The normalized spacial score (nSPS) is 15.0. The molecule has 0 N–H and O–H groups in total. The molecule has 1 aromatic heterocycles. The van der Waals surface area contributed by atoms with Crippen LogP contribution in [-0.2, 0) is 34.0 Å². The summed E-state index contributed by atoms with van der Waals surface area (Å²) in [4.78, 5) is 23.1. The largest absolute Gasteiger partial charge is 0.460 e. The summed E-state index contributed by atoms with van der Waals surface area (Å²) >= 11 is 3.47. The van der Waals surface area contributed by atoms with Crippen LogP contribution in [0.4, 0.5) is 5.69 Å². The third-order valence-corrected chi connectivity index (χ3v) is 5.55. The summed E-state index contributed by atoms with van der Waals surface area (Å²) in [7, 11) is 0. The zero-order valence-corrected chi connectivity index (χ0v) is 19.0. The summed E-state index contributed by atoms with van der Waals surface area (Å²) in [6, 6.07) is 13.3. The molecular weight excluding hydrogens is 482 g/mol. The zero-order valence-electron chi connectivity index (χ0n) is 17.4. The topological polar surface area (TPSA) is 106 Å². The summed E-state index contributed by atoms with van der Waals surface area (Å²) in [5.74, 6) is 0.0498. The van der Waals surface area contributed by atoms with Gasteiger partial charge in [0.05, 0.1) is 11.5 Å². The number of ether oxygens (including phenoxy) is 3. The van der Waals surface area contributed by atoms with Crippen LogP contribution in [0, 0.1) is 24.0 Å². The quantitative estimate of drug-likeness (QED) is 0.277. The Bertz CT molecular complexity index is 1180. The molecule has 2 aromatic carbocycles. The lowest BCUT2D eigenvalue weighted by Gasteiger charge is -2.28. The molecule has 3 aromatic rings. The molecule has 0 bridgehead atoms. The van der Waals surface area contributed by atoms with Crippen molar-refractivity contribution in [3.05, 3.63) is 85.1 Å². The van der Waals surface area contributed by atoms with Gasteiger partial charge in [-0.25, -0.2) is 0 Å². The van der Waals surface area contributed by atoms with Crippen LogP contribution in [0.15, 0.2) is 46.9 Å². The van der Waals surface area contributed by atoms with Crippen molar-refractivity contribution >= 4 is 27.6 Å². The van der Waals surface area contributed by atoms with Crippen molar-refractivity contribution in [1.82, 2.24) is 9.78 Å². The molecule has 1 atom stereocenters. The second-order valence-electron chi connectivity index (χ2n) is 7.32. The van der Waals surface area contributed by atoms with E-state index in [1.165, 1.54) is 11.6 Å². The van der Waals surface area contributed by atoms with E-state index in [0.717, 1.165) is 15.6 Å². The number of benzene rings is 2. The molecule has 0 unspecified atom stereocenters. The first-order valence-corrected chi connectivity index (χ1v) is 10.6. The monoisotopic (exact) mass is 501 g/mol. The number of nitro groups is 1. The van der Waals surface area contributed by atoms with Gasteiger partial charge in [0, 0.05) is 21.2 Å². The Hall–Kier alpha value is -3.24. The number of rotatable bonds is 6. The molecule has 2 heterocycles. The Morgan fingerprint density at radius 1 is 1.31 bits per heavy atom. The number of aryl methyl sites for hydroxylation is 1. The number of fused-ring (bicyclic) bond motifs is 1. The van der Waals surface area contributed by atoms with Crippen LogP contribution < -0.4 is 4.74 Å². The molecule has 0 radical (unpaired) electrons. The van der Waals surface area contributed by atoms with E-state index in [-0.39, 0.29) is 24.5 Å². The van der Waals surface area contributed by atoms with Crippen LogP contribution in [0.2, 0.25) is 0 Å². The number of hydrogen-bond donors (Lipinski definition) is 0. The predicted octanol–water partition coefficient (Wildman–Crippen LogP) is 4.52. The van der Waals surface area contributed by atoms with Crippen LogP contribution >= 0.6 is 15.9 Å². The molecule has 166 valence electrons. The van der Waals surface area contributed by atoms with Crippen LogP contribution in [0.5, 0.6) is 5.75 Å². The Morgan fingerprint density at radius 2 is 2.06 bits per heavy atom. The van der Waals surface area contributed by atoms with Gasteiger partial charge < -0.3 is 14.2 Å². The number of hydrogen-bond acceptors (Lipinski definition) is 7. The van der Waals surface area contributed by atoms with Gasteiger partial charge in [0.2, 0.25) is 6.29 Å². The van der Waals surface area contributed by atoms with Gasteiger partial charge in [-0.15, -0.1) is 0 Å². The van der Waals surface area contributed by atoms with Crippen LogP contribution in [0.1, 0.15) is 34.4 Å². The molecule has 0 aliphatic carbocycles. The van der Waals surface area contributed by atoms with Crippen molar-refractivity contribution in [2.75, 3.05) is 0 Å². The van der Waals surface area contributed by atoms with Crippen LogP contribution in [0.25, 0.3) is 0 Å². The van der Waals surface area contributed by atoms with Gasteiger partial charge in [-0.05, 0) is 26.0 Å². The van der Waals surface area contributed by atoms with E-state index in [2.05, 4.69) is 21.0 Å². The second kappa shape index (κ2) is 9.09. The molecule has 32 heavy (non-hydrogen) atoms. The van der Waals surface area contributed by atoms with Crippen molar-refractivity contribution in [3.8, 4) is 5.75 Å². The molecule has 0 saturated heterocycles. The standard InChI is InChI=1S/C22H20BrN3O6/c1-13-20(26(28)29)14(2)25(24-13)10-19(27)30-11-16-8-18(23)9-17-12-31-22(32-21(16)17)15-6-4-3-5-7-15/h3-9,22H,10-12H2,1-2H3/t22-/m1/s1. The molecule has 0 amide bonds. The van der Waals surface area contributed by atoms with E-state index in [0.29, 0.717) is 23.6 Å². The molecule has 0 spiro atoms. The van der Waals surface area contributed by atoms with E-state index in [1.54, 1.807) is 6.92 Å². The van der Waals surface area contributed by atoms with Crippen molar-refractivity contribution in [1.29, 1.82) is 0 Å². The summed E-state index contributed by atoms with van der Waals surface area (Å²) in [6.45, 7) is 3.18. The number of esters is 1. The van der Waals surface area contributed by atoms with E-state index < -0.39 is 17.2 Å². The highest BCUT2D eigenvalue weighted by molar-refractivity contribution is 9.10. The maximum Gasteiger partial charge on any atom is 0.328 e. The molecule has 1 aliphatic heterocycles. The first kappa shape index (κ1) is 22.0. The van der Waals surface area contributed by atoms with E-state index in [1.807, 2.05) is 42.5 Å². The highest BCUT2D eigenvalue weighted by Gasteiger charge is 2.26. The van der Waals surface area contributed by atoms with Gasteiger partial charge in [0.15, 0.2) is 0 Å². The molecule has 0 saturated carbocycles. The number of halogens is 1. The Labute approximate surface area is 192 Å². The maximum absolute atomic E-state index is 12.4. The van der Waals surface area contributed by atoms with Crippen LogP contribution in [-0.4, -0.2) is 20.7 Å². The van der Waals surface area contributed by atoms with Crippen molar-refractivity contribution in [3.63, 3.8) is 0 Å². The predicted molar refractivity (Wildman–Crippen MR) is 117 cm³/mol. The lowest BCUT2D eigenvalue weighted by molar-refractivity contribution is -0.386. The molecule has 0 fully saturated rings.